The number of nitrogens with zero attached hydrogens (tertiary/aromatic N) is 3. The maximum absolute atomic E-state index is 7.32. The molecular formula is C17H22N6OS. The molecule has 0 radical (unpaired) electrons. The van der Waals surface area contributed by atoms with Crippen LogP contribution in [0.3, 0.4) is 0 Å². The number of anilines is 3. The molecule has 2 aromatic rings. The molecular weight excluding hydrogens is 336 g/mol. The summed E-state index contributed by atoms with van der Waals surface area (Å²) < 4.78 is 5.16. The fourth-order valence-electron chi connectivity index (χ4n) is 2.90. The Morgan fingerprint density at radius 3 is 2.72 bits per heavy atom. The number of hydrogen-bond acceptors (Lipinski definition) is 8. The van der Waals surface area contributed by atoms with Gasteiger partial charge in [0, 0.05) is 17.0 Å². The lowest BCUT2D eigenvalue weighted by molar-refractivity contribution is 0.415. The van der Waals surface area contributed by atoms with Gasteiger partial charge in [-0.2, -0.15) is 21.9 Å². The van der Waals surface area contributed by atoms with Crippen molar-refractivity contribution in [1.29, 1.82) is 5.53 Å². The molecule has 0 unspecified atom stereocenters. The maximum atomic E-state index is 7.32. The van der Waals surface area contributed by atoms with E-state index in [0.29, 0.717) is 28.7 Å². The zero-order valence-electron chi connectivity index (χ0n) is 14.3. The summed E-state index contributed by atoms with van der Waals surface area (Å²) in [7, 11) is 1.63. The van der Waals surface area contributed by atoms with Crippen LogP contribution in [0.25, 0.3) is 0 Å². The molecule has 3 N–H and O–H groups in total. The van der Waals surface area contributed by atoms with E-state index in [0.717, 1.165) is 24.3 Å². The lowest BCUT2D eigenvalue weighted by Crippen LogP contribution is -2.18. The molecule has 1 aromatic carbocycles. The highest BCUT2D eigenvalue weighted by atomic mass is 32.2. The summed E-state index contributed by atoms with van der Waals surface area (Å²) in [6.07, 6.45) is 7.19. The Morgan fingerprint density at radius 2 is 2.08 bits per heavy atom. The third kappa shape index (κ3) is 4.39. The second-order valence-electron chi connectivity index (χ2n) is 5.90. The highest BCUT2D eigenvalue weighted by Gasteiger charge is 2.24. The molecule has 0 aliphatic heterocycles. The molecule has 0 bridgehead atoms. The van der Waals surface area contributed by atoms with Crippen LogP contribution in [0.2, 0.25) is 0 Å². The molecule has 1 aliphatic rings. The molecule has 2 atom stereocenters. The van der Waals surface area contributed by atoms with Gasteiger partial charge < -0.3 is 15.4 Å². The summed E-state index contributed by atoms with van der Waals surface area (Å²) in [5.41, 5.74) is 8.57. The third-order valence-corrected chi connectivity index (χ3v) is 5.39. The van der Waals surface area contributed by atoms with Crippen molar-refractivity contribution in [1.82, 2.24) is 9.97 Å². The molecule has 1 saturated carbocycles. The van der Waals surface area contributed by atoms with E-state index < -0.39 is 0 Å². The van der Waals surface area contributed by atoms with Crippen LogP contribution in [-0.4, -0.2) is 34.6 Å². The van der Waals surface area contributed by atoms with Gasteiger partial charge in [-0.3, -0.25) is 0 Å². The average Bonchev–Trinajstić information content (AvgIpc) is 3.10. The van der Waals surface area contributed by atoms with Crippen LogP contribution < -0.4 is 15.4 Å². The largest absolute Gasteiger partial charge is 0.497 e. The SMILES string of the molecule is COc1ccc(Nc2nc(N[C@@H]3CC[C@@H](SC)C3)ncc2N=N)cc1. The van der Waals surface area contributed by atoms with Gasteiger partial charge in [-0.25, -0.2) is 10.5 Å². The van der Waals surface area contributed by atoms with Crippen LogP contribution in [0.1, 0.15) is 19.3 Å². The van der Waals surface area contributed by atoms with Crippen molar-refractivity contribution in [3.8, 4) is 5.75 Å². The molecule has 25 heavy (non-hydrogen) atoms. The zero-order chi connectivity index (χ0) is 17.6. The van der Waals surface area contributed by atoms with Crippen molar-refractivity contribution in [3.05, 3.63) is 30.5 Å². The Hall–Kier alpha value is -2.35. The van der Waals surface area contributed by atoms with E-state index in [1.807, 2.05) is 36.0 Å². The van der Waals surface area contributed by atoms with Crippen molar-refractivity contribution < 1.29 is 4.74 Å². The Kier molecular flexibility index (Phi) is 5.70. The molecule has 0 saturated heterocycles. The average molecular weight is 358 g/mol. The monoisotopic (exact) mass is 358 g/mol. The standard InChI is InChI=1S/C17H22N6OS/c1-24-13-6-3-11(4-7-13)20-16-15(23-18)10-19-17(22-16)21-12-5-8-14(9-12)25-2/h3-4,6-7,10,12,14,18H,5,8-9H2,1-2H3,(H2,19,20,21,22)/t12-,14-/m1/s1. The van der Waals surface area contributed by atoms with Crippen LogP contribution in [0.15, 0.2) is 35.6 Å². The summed E-state index contributed by atoms with van der Waals surface area (Å²) in [4.78, 5) is 8.80. The first-order valence-corrected chi connectivity index (χ1v) is 9.45. The normalized spacial score (nSPS) is 19.4. The van der Waals surface area contributed by atoms with Crippen molar-refractivity contribution in [2.24, 2.45) is 5.11 Å². The second-order valence-corrected chi connectivity index (χ2v) is 7.04. The van der Waals surface area contributed by atoms with Crippen LogP contribution in [-0.2, 0) is 0 Å². The lowest BCUT2D eigenvalue weighted by atomic mass is 10.2. The van der Waals surface area contributed by atoms with E-state index in [1.165, 1.54) is 6.42 Å². The molecule has 7 nitrogen and oxygen atoms in total. The Bertz CT molecular complexity index is 724. The van der Waals surface area contributed by atoms with Crippen molar-refractivity contribution >= 4 is 34.9 Å². The number of rotatable bonds is 7. The fraction of sp³-hybridized carbons (Fsp3) is 0.412. The predicted molar refractivity (Wildman–Crippen MR) is 102 cm³/mol. The molecule has 3 rings (SSSR count). The second kappa shape index (κ2) is 8.15. The Balaban J connectivity index is 1.74. The van der Waals surface area contributed by atoms with E-state index in [9.17, 15) is 0 Å². The number of benzene rings is 1. The molecule has 1 heterocycles. The van der Waals surface area contributed by atoms with Gasteiger partial charge in [0.15, 0.2) is 5.82 Å². The Labute approximate surface area is 151 Å². The van der Waals surface area contributed by atoms with Gasteiger partial charge in [0.1, 0.15) is 11.4 Å². The number of thioether (sulfide) groups is 1. The van der Waals surface area contributed by atoms with Crippen molar-refractivity contribution in [2.75, 3.05) is 24.0 Å². The molecule has 1 aliphatic carbocycles. The summed E-state index contributed by atoms with van der Waals surface area (Å²) in [6, 6.07) is 7.90. The highest BCUT2D eigenvalue weighted by Crippen LogP contribution is 2.31. The molecule has 8 heteroatoms. The molecule has 1 fully saturated rings. The topological polar surface area (TPSA) is 95.3 Å². The molecule has 1 aromatic heterocycles. The van der Waals surface area contributed by atoms with E-state index >= 15 is 0 Å². The van der Waals surface area contributed by atoms with Crippen LogP contribution in [0, 0.1) is 5.53 Å². The first-order chi connectivity index (χ1) is 12.2. The van der Waals surface area contributed by atoms with Gasteiger partial charge in [-0.1, -0.05) is 0 Å². The first-order valence-electron chi connectivity index (χ1n) is 8.16. The van der Waals surface area contributed by atoms with Gasteiger partial charge in [-0.05, 0) is 49.8 Å². The molecule has 132 valence electrons. The van der Waals surface area contributed by atoms with Gasteiger partial charge in [0.05, 0.1) is 13.3 Å². The van der Waals surface area contributed by atoms with Gasteiger partial charge in [0.2, 0.25) is 5.95 Å². The van der Waals surface area contributed by atoms with Gasteiger partial charge in [0.25, 0.3) is 0 Å². The van der Waals surface area contributed by atoms with Crippen molar-refractivity contribution in [2.45, 2.75) is 30.6 Å². The van der Waals surface area contributed by atoms with Gasteiger partial charge in [-0.15, -0.1) is 0 Å². The van der Waals surface area contributed by atoms with Crippen LogP contribution in [0.4, 0.5) is 23.1 Å². The summed E-state index contributed by atoms with van der Waals surface area (Å²) in [5, 5.41) is 10.8. The van der Waals surface area contributed by atoms with Crippen LogP contribution in [0.5, 0.6) is 5.75 Å². The minimum atomic E-state index is 0.394. The summed E-state index contributed by atoms with van der Waals surface area (Å²) >= 11 is 1.92. The third-order valence-electron chi connectivity index (χ3n) is 4.29. The van der Waals surface area contributed by atoms with Gasteiger partial charge >= 0.3 is 0 Å². The summed E-state index contributed by atoms with van der Waals surface area (Å²) in [5.74, 6) is 1.86. The molecule has 0 spiro atoms. The highest BCUT2D eigenvalue weighted by molar-refractivity contribution is 7.99. The van der Waals surface area contributed by atoms with E-state index in [2.05, 4.69) is 32.0 Å². The predicted octanol–water partition coefficient (Wildman–Crippen LogP) is 4.59. The molecule has 0 amide bonds. The first kappa shape index (κ1) is 17.5. The maximum Gasteiger partial charge on any atom is 0.224 e. The number of hydrogen-bond donors (Lipinski definition) is 3. The van der Waals surface area contributed by atoms with Crippen LogP contribution >= 0.6 is 11.8 Å². The minimum absolute atomic E-state index is 0.394. The number of nitrogens with one attached hydrogen (secondary N) is 3. The Morgan fingerprint density at radius 1 is 1.28 bits per heavy atom. The number of ether oxygens (including phenoxy) is 1. The fourth-order valence-corrected chi connectivity index (χ4v) is 3.69. The smallest absolute Gasteiger partial charge is 0.224 e. The van der Waals surface area contributed by atoms with Crippen molar-refractivity contribution in [3.63, 3.8) is 0 Å². The van der Waals surface area contributed by atoms with E-state index in [-0.39, 0.29) is 0 Å². The zero-order valence-corrected chi connectivity index (χ0v) is 15.1. The minimum Gasteiger partial charge on any atom is -0.497 e. The van der Waals surface area contributed by atoms with E-state index in [1.54, 1.807) is 13.3 Å². The summed E-state index contributed by atoms with van der Waals surface area (Å²) in [6.45, 7) is 0. The number of methoxy groups -OCH3 is 1. The lowest BCUT2D eigenvalue weighted by Gasteiger charge is -2.14. The number of aromatic nitrogens is 2. The van der Waals surface area contributed by atoms with E-state index in [4.69, 9.17) is 10.3 Å². The quantitative estimate of drug-likeness (QED) is 0.627.